The maximum absolute atomic E-state index is 12.9. The van der Waals surface area contributed by atoms with E-state index < -0.39 is 16.1 Å². The summed E-state index contributed by atoms with van der Waals surface area (Å²) in [7, 11) is -3.84. The molecule has 0 aliphatic carbocycles. The number of nitrogens with zero attached hydrogens (tertiary/aromatic N) is 1. The van der Waals surface area contributed by atoms with Gasteiger partial charge < -0.3 is 10.1 Å². The highest BCUT2D eigenvalue weighted by atomic mass is 35.5. The van der Waals surface area contributed by atoms with Crippen molar-refractivity contribution in [2.75, 3.05) is 32.8 Å². The van der Waals surface area contributed by atoms with Gasteiger partial charge in [-0.25, -0.2) is 8.42 Å². The molecule has 0 spiro atoms. The van der Waals surface area contributed by atoms with Gasteiger partial charge in [0.15, 0.2) is 0 Å². The van der Waals surface area contributed by atoms with E-state index in [2.05, 4.69) is 28.8 Å². The smallest absolute Gasteiger partial charge is 0.241 e. The molecule has 1 saturated heterocycles. The molecule has 0 bridgehead atoms. The fourth-order valence-electron chi connectivity index (χ4n) is 3.35. The first kappa shape index (κ1) is 24.1. The Labute approximate surface area is 179 Å². The van der Waals surface area contributed by atoms with Gasteiger partial charge in [0.25, 0.3) is 0 Å². The first-order valence-corrected chi connectivity index (χ1v) is 11.9. The van der Waals surface area contributed by atoms with Crippen LogP contribution in [0.1, 0.15) is 27.7 Å². The predicted octanol–water partition coefficient (Wildman–Crippen LogP) is 2.12. The molecule has 1 aromatic carbocycles. The van der Waals surface area contributed by atoms with Crippen LogP contribution < -0.4 is 10.0 Å². The van der Waals surface area contributed by atoms with Crippen molar-refractivity contribution in [2.24, 2.45) is 11.8 Å². The lowest BCUT2D eigenvalue weighted by Gasteiger charge is -2.37. The van der Waals surface area contributed by atoms with Gasteiger partial charge in [-0.15, -0.1) is 0 Å². The highest BCUT2D eigenvalue weighted by Crippen LogP contribution is 2.16. The van der Waals surface area contributed by atoms with Crippen LogP contribution >= 0.6 is 11.6 Å². The zero-order valence-corrected chi connectivity index (χ0v) is 19.1. The molecule has 1 aliphatic rings. The second-order valence-electron chi connectivity index (χ2n) is 8.00. The highest BCUT2D eigenvalue weighted by Gasteiger charge is 2.30. The molecule has 1 heterocycles. The highest BCUT2D eigenvalue weighted by molar-refractivity contribution is 7.89. The lowest BCUT2D eigenvalue weighted by atomic mass is 10.0. The molecule has 1 aliphatic heterocycles. The van der Waals surface area contributed by atoms with Gasteiger partial charge in [-0.3, -0.25) is 9.69 Å². The van der Waals surface area contributed by atoms with Crippen LogP contribution in [0.4, 0.5) is 0 Å². The van der Waals surface area contributed by atoms with Gasteiger partial charge in [0.05, 0.1) is 18.1 Å². The Kier molecular flexibility index (Phi) is 8.91. The first-order chi connectivity index (χ1) is 13.6. The van der Waals surface area contributed by atoms with Crippen LogP contribution in [-0.2, 0) is 19.6 Å². The van der Waals surface area contributed by atoms with Crippen molar-refractivity contribution in [1.82, 2.24) is 14.9 Å². The largest absolute Gasteiger partial charge is 0.379 e. The van der Waals surface area contributed by atoms with Crippen LogP contribution in [0.25, 0.3) is 0 Å². The summed E-state index contributed by atoms with van der Waals surface area (Å²) in [6.45, 7) is 11.4. The van der Waals surface area contributed by atoms with Crippen LogP contribution in [0.15, 0.2) is 29.2 Å². The van der Waals surface area contributed by atoms with E-state index in [0.717, 1.165) is 13.1 Å². The molecule has 1 amide bonds. The molecule has 1 fully saturated rings. The monoisotopic (exact) mass is 445 g/mol. The third kappa shape index (κ3) is 6.93. The summed E-state index contributed by atoms with van der Waals surface area (Å²) in [5, 5.41) is 3.41. The number of halogens is 1. The molecule has 29 heavy (non-hydrogen) atoms. The molecular formula is C20H32ClN3O4S. The predicted molar refractivity (Wildman–Crippen MR) is 114 cm³/mol. The average Bonchev–Trinajstić information content (AvgIpc) is 2.67. The molecule has 2 N–H and O–H groups in total. The second-order valence-corrected chi connectivity index (χ2v) is 10.2. The summed E-state index contributed by atoms with van der Waals surface area (Å²) in [6, 6.07) is 5.17. The maximum atomic E-state index is 12.9. The quantitative estimate of drug-likeness (QED) is 0.607. The maximum Gasteiger partial charge on any atom is 0.241 e. The van der Waals surface area contributed by atoms with E-state index in [1.54, 1.807) is 0 Å². The van der Waals surface area contributed by atoms with Crippen LogP contribution in [0, 0.1) is 11.8 Å². The Morgan fingerprint density at radius 1 is 1.10 bits per heavy atom. The number of carbonyl (C=O) groups excluding carboxylic acids is 1. The number of benzene rings is 1. The van der Waals surface area contributed by atoms with Gasteiger partial charge >= 0.3 is 0 Å². The Balaban J connectivity index is 2.05. The first-order valence-electron chi connectivity index (χ1n) is 9.99. The van der Waals surface area contributed by atoms with E-state index in [4.69, 9.17) is 16.3 Å². The Bertz CT molecular complexity index is 762. The molecular weight excluding hydrogens is 414 g/mol. The number of rotatable bonds is 9. The van der Waals surface area contributed by atoms with Crippen molar-refractivity contribution in [2.45, 2.75) is 44.7 Å². The standard InChI is InChI=1S/C20H32ClN3O4S/c1-14(2)18(24-9-11-28-12-10-24)13-22-20(25)19(15(3)4)23-29(26,27)17-7-5-16(21)6-8-17/h5-8,14-15,18-19,23H,9-13H2,1-4H3,(H,22,25)/t18-,19+/m1/s1. The molecule has 7 nitrogen and oxygen atoms in total. The third-order valence-corrected chi connectivity index (χ3v) is 6.83. The number of hydrogen-bond donors (Lipinski definition) is 2. The van der Waals surface area contributed by atoms with Gasteiger partial charge in [-0.05, 0) is 36.1 Å². The van der Waals surface area contributed by atoms with Crippen molar-refractivity contribution in [3.63, 3.8) is 0 Å². The molecule has 9 heteroatoms. The number of sulfonamides is 1. The Morgan fingerprint density at radius 3 is 2.21 bits per heavy atom. The van der Waals surface area contributed by atoms with Gasteiger partial charge in [-0.2, -0.15) is 4.72 Å². The number of hydrogen-bond acceptors (Lipinski definition) is 5. The fraction of sp³-hybridized carbons (Fsp3) is 0.650. The Morgan fingerprint density at radius 2 is 1.69 bits per heavy atom. The number of amides is 1. The zero-order chi connectivity index (χ0) is 21.6. The summed E-state index contributed by atoms with van der Waals surface area (Å²) in [5.74, 6) is -0.189. The molecule has 2 rings (SSSR count). The summed E-state index contributed by atoms with van der Waals surface area (Å²) in [5.41, 5.74) is 0. The third-order valence-electron chi connectivity index (χ3n) is 5.12. The lowest BCUT2D eigenvalue weighted by Crippen LogP contribution is -2.55. The van der Waals surface area contributed by atoms with E-state index in [-0.39, 0.29) is 22.8 Å². The fourth-order valence-corrected chi connectivity index (χ4v) is 4.82. The molecule has 0 saturated carbocycles. The SMILES string of the molecule is CC(C)[C@H](NS(=O)(=O)c1ccc(Cl)cc1)C(=O)NC[C@H](C(C)C)N1CCOCC1. The van der Waals surface area contributed by atoms with Crippen LogP contribution in [-0.4, -0.2) is 64.2 Å². The zero-order valence-electron chi connectivity index (χ0n) is 17.5. The summed E-state index contributed by atoms with van der Waals surface area (Å²) in [4.78, 5) is 15.2. The topological polar surface area (TPSA) is 87.7 Å². The second kappa shape index (κ2) is 10.7. The van der Waals surface area contributed by atoms with E-state index in [0.29, 0.717) is 30.7 Å². The van der Waals surface area contributed by atoms with Crippen molar-refractivity contribution in [3.05, 3.63) is 29.3 Å². The van der Waals surface area contributed by atoms with E-state index in [1.807, 2.05) is 13.8 Å². The van der Waals surface area contributed by atoms with Crippen LogP contribution in [0.2, 0.25) is 5.02 Å². The van der Waals surface area contributed by atoms with Crippen molar-refractivity contribution in [3.8, 4) is 0 Å². The normalized spacial score (nSPS) is 18.0. The molecule has 0 aromatic heterocycles. The number of morpholine rings is 1. The van der Waals surface area contributed by atoms with Crippen molar-refractivity contribution >= 4 is 27.5 Å². The van der Waals surface area contributed by atoms with Crippen molar-refractivity contribution in [1.29, 1.82) is 0 Å². The minimum atomic E-state index is -3.84. The Hall–Kier alpha value is -1.19. The van der Waals surface area contributed by atoms with E-state index in [9.17, 15) is 13.2 Å². The number of nitrogens with one attached hydrogen (secondary N) is 2. The molecule has 0 radical (unpaired) electrons. The minimum absolute atomic E-state index is 0.0775. The van der Waals surface area contributed by atoms with E-state index in [1.165, 1.54) is 24.3 Å². The van der Waals surface area contributed by atoms with Gasteiger partial charge in [0, 0.05) is 30.7 Å². The molecule has 164 valence electrons. The average molecular weight is 446 g/mol. The molecule has 1 aromatic rings. The van der Waals surface area contributed by atoms with Crippen LogP contribution in [0.3, 0.4) is 0 Å². The van der Waals surface area contributed by atoms with Gasteiger partial charge in [0.1, 0.15) is 6.04 Å². The molecule has 0 unspecified atom stereocenters. The molecule has 2 atom stereocenters. The number of ether oxygens (including phenoxy) is 1. The minimum Gasteiger partial charge on any atom is -0.379 e. The summed E-state index contributed by atoms with van der Waals surface area (Å²) >= 11 is 5.84. The van der Waals surface area contributed by atoms with Gasteiger partial charge in [0.2, 0.25) is 15.9 Å². The number of carbonyl (C=O) groups is 1. The summed E-state index contributed by atoms with van der Waals surface area (Å²) in [6.07, 6.45) is 0. The lowest BCUT2D eigenvalue weighted by molar-refractivity contribution is -0.124. The van der Waals surface area contributed by atoms with Crippen molar-refractivity contribution < 1.29 is 17.9 Å². The van der Waals surface area contributed by atoms with Crippen LogP contribution in [0.5, 0.6) is 0 Å². The van der Waals surface area contributed by atoms with E-state index >= 15 is 0 Å². The van der Waals surface area contributed by atoms with Gasteiger partial charge in [-0.1, -0.05) is 39.3 Å². The summed E-state index contributed by atoms with van der Waals surface area (Å²) < 4.78 is 33.4.